The van der Waals surface area contributed by atoms with Gasteiger partial charge in [-0.1, -0.05) is 25.6 Å². The molecule has 58 valence electrons. The van der Waals surface area contributed by atoms with Crippen molar-refractivity contribution in [2.24, 2.45) is 5.73 Å². The molecule has 0 saturated carbocycles. The summed E-state index contributed by atoms with van der Waals surface area (Å²) >= 11 is 0. The fourth-order valence-electron chi connectivity index (χ4n) is 0.359. The second-order valence-electron chi connectivity index (χ2n) is 3.27. The molecule has 0 aliphatic heterocycles. The van der Waals surface area contributed by atoms with Crippen molar-refractivity contribution >= 4 is 8.07 Å². The Labute approximate surface area is 63.4 Å². The van der Waals surface area contributed by atoms with Crippen LogP contribution in [0.2, 0.25) is 19.6 Å². The van der Waals surface area contributed by atoms with Gasteiger partial charge in [0, 0.05) is 6.54 Å². The van der Waals surface area contributed by atoms with Crippen LogP contribution in [0.1, 0.15) is 0 Å². The van der Waals surface area contributed by atoms with Crippen molar-refractivity contribution in [2.75, 3.05) is 6.54 Å². The Morgan fingerprint density at radius 3 is 2.30 bits per heavy atom. The predicted octanol–water partition coefficient (Wildman–Crippen LogP) is 0.187. The molecule has 0 aromatic rings. The molecule has 2 nitrogen and oxygen atoms in total. The summed E-state index contributed by atoms with van der Waals surface area (Å²) in [4.78, 5) is 0. The summed E-state index contributed by atoms with van der Waals surface area (Å²) < 4.78 is 0. The van der Waals surface area contributed by atoms with Gasteiger partial charge in [-0.3, -0.25) is 0 Å². The maximum atomic E-state index is 8.94. The fraction of sp³-hybridized carbons (Fsp3) is 0.714. The van der Waals surface area contributed by atoms with Gasteiger partial charge in [-0.2, -0.15) is 0 Å². The lowest BCUT2D eigenvalue weighted by Crippen LogP contribution is -2.21. The van der Waals surface area contributed by atoms with Crippen LogP contribution in [-0.4, -0.2) is 25.8 Å². The van der Waals surface area contributed by atoms with Gasteiger partial charge in [0.25, 0.3) is 0 Å². The fourth-order valence-corrected chi connectivity index (χ4v) is 0.958. The van der Waals surface area contributed by atoms with Crippen LogP contribution in [0.4, 0.5) is 0 Å². The molecule has 0 radical (unpaired) electrons. The number of aliphatic hydroxyl groups excluding tert-OH is 1. The highest BCUT2D eigenvalue weighted by atomic mass is 28.3. The van der Waals surface area contributed by atoms with E-state index in [0.29, 0.717) is 0 Å². The minimum atomic E-state index is -1.31. The molecule has 0 unspecified atom stereocenters. The van der Waals surface area contributed by atoms with Crippen LogP contribution in [0.15, 0.2) is 0 Å². The van der Waals surface area contributed by atoms with Gasteiger partial charge in [0.05, 0.1) is 0 Å². The zero-order valence-corrected chi connectivity index (χ0v) is 7.81. The van der Waals surface area contributed by atoms with Gasteiger partial charge in [-0.15, -0.1) is 5.54 Å². The molecule has 3 N–H and O–H groups in total. The van der Waals surface area contributed by atoms with Crippen LogP contribution in [0.3, 0.4) is 0 Å². The Hall–Kier alpha value is -0.303. The van der Waals surface area contributed by atoms with Crippen LogP contribution in [0, 0.1) is 11.5 Å². The van der Waals surface area contributed by atoms with E-state index >= 15 is 0 Å². The van der Waals surface area contributed by atoms with Gasteiger partial charge in [-0.05, 0) is 0 Å². The lowest BCUT2D eigenvalue weighted by Gasteiger charge is -2.04. The first-order valence-corrected chi connectivity index (χ1v) is 6.86. The van der Waals surface area contributed by atoms with Crippen LogP contribution in [0.25, 0.3) is 0 Å². The highest BCUT2D eigenvalue weighted by Crippen LogP contribution is 1.96. The minimum absolute atomic E-state index is 0.234. The molecule has 3 heteroatoms. The molecule has 0 saturated heterocycles. The third-order valence-electron chi connectivity index (χ3n) is 0.837. The lowest BCUT2D eigenvalue weighted by atomic mass is 10.4. The van der Waals surface area contributed by atoms with E-state index in [1.807, 2.05) is 0 Å². The molecular formula is C7H15NOSi. The van der Waals surface area contributed by atoms with Crippen molar-refractivity contribution < 1.29 is 5.11 Å². The van der Waals surface area contributed by atoms with Crippen molar-refractivity contribution in [3.63, 3.8) is 0 Å². The van der Waals surface area contributed by atoms with Crippen LogP contribution in [-0.2, 0) is 0 Å². The van der Waals surface area contributed by atoms with Crippen molar-refractivity contribution in [1.82, 2.24) is 0 Å². The van der Waals surface area contributed by atoms with Crippen molar-refractivity contribution in [2.45, 2.75) is 25.7 Å². The topological polar surface area (TPSA) is 46.2 Å². The molecule has 0 amide bonds. The van der Waals surface area contributed by atoms with Gasteiger partial charge in [0.2, 0.25) is 0 Å². The maximum absolute atomic E-state index is 8.94. The van der Waals surface area contributed by atoms with Crippen molar-refractivity contribution in [3.05, 3.63) is 0 Å². The summed E-state index contributed by atoms with van der Waals surface area (Å²) in [5, 5.41) is 8.94. The van der Waals surface area contributed by atoms with E-state index in [9.17, 15) is 0 Å². The highest BCUT2D eigenvalue weighted by Gasteiger charge is 2.07. The first-order chi connectivity index (χ1) is 4.45. The first-order valence-electron chi connectivity index (χ1n) is 3.36. The van der Waals surface area contributed by atoms with E-state index < -0.39 is 14.2 Å². The average molecular weight is 157 g/mol. The predicted molar refractivity (Wildman–Crippen MR) is 46.2 cm³/mol. The largest absolute Gasteiger partial charge is 0.379 e. The summed E-state index contributed by atoms with van der Waals surface area (Å²) in [6.07, 6.45) is -0.633. The smallest absolute Gasteiger partial charge is 0.129 e. The van der Waals surface area contributed by atoms with E-state index in [1.165, 1.54) is 0 Å². The van der Waals surface area contributed by atoms with Gasteiger partial charge < -0.3 is 10.8 Å². The molecule has 0 aliphatic carbocycles. The number of nitrogens with two attached hydrogens (primary N) is 1. The lowest BCUT2D eigenvalue weighted by molar-refractivity contribution is 0.241. The average Bonchev–Trinajstić information content (AvgIpc) is 1.81. The number of hydrogen-bond acceptors (Lipinski definition) is 2. The second-order valence-corrected chi connectivity index (χ2v) is 8.02. The molecule has 0 fully saturated rings. The number of hydrogen-bond donors (Lipinski definition) is 2. The molecule has 1 atom stereocenters. The van der Waals surface area contributed by atoms with E-state index in [4.69, 9.17) is 10.8 Å². The van der Waals surface area contributed by atoms with Crippen LogP contribution in [0.5, 0.6) is 0 Å². The Balaban J connectivity index is 3.91. The highest BCUT2D eigenvalue weighted by molar-refractivity contribution is 6.83. The summed E-state index contributed by atoms with van der Waals surface area (Å²) in [6, 6.07) is 0. The SMILES string of the molecule is C[Si](C)(C)C#C[C@H](O)CN. The zero-order chi connectivity index (χ0) is 8.20. The molecule has 0 bridgehead atoms. The van der Waals surface area contributed by atoms with E-state index in [-0.39, 0.29) is 6.54 Å². The minimum Gasteiger partial charge on any atom is -0.379 e. The Morgan fingerprint density at radius 1 is 1.50 bits per heavy atom. The molecule has 0 aliphatic rings. The summed E-state index contributed by atoms with van der Waals surface area (Å²) in [5.41, 5.74) is 8.20. The van der Waals surface area contributed by atoms with Crippen molar-refractivity contribution in [3.8, 4) is 11.5 Å². The second kappa shape index (κ2) is 3.77. The molecule has 0 rings (SSSR count). The Morgan fingerprint density at radius 2 is 2.00 bits per heavy atom. The van der Waals surface area contributed by atoms with E-state index in [0.717, 1.165) is 0 Å². The zero-order valence-electron chi connectivity index (χ0n) is 6.81. The van der Waals surface area contributed by atoms with Crippen LogP contribution < -0.4 is 5.73 Å². The molecule has 0 aromatic heterocycles. The van der Waals surface area contributed by atoms with E-state index in [1.54, 1.807) is 0 Å². The number of aliphatic hydroxyl groups is 1. The molecule has 0 aromatic carbocycles. The monoisotopic (exact) mass is 157 g/mol. The summed E-state index contributed by atoms with van der Waals surface area (Å²) in [6.45, 7) is 6.62. The standard InChI is InChI=1S/C7H15NOSi/c1-10(2,3)5-4-7(9)6-8/h7,9H,6,8H2,1-3H3/t7-/m0/s1. The third-order valence-corrected chi connectivity index (χ3v) is 1.73. The Bertz CT molecular complexity index is 151. The summed E-state index contributed by atoms with van der Waals surface area (Å²) in [5.74, 6) is 2.71. The molecule has 10 heavy (non-hydrogen) atoms. The normalized spacial score (nSPS) is 13.7. The van der Waals surface area contributed by atoms with Gasteiger partial charge in [-0.25, -0.2) is 0 Å². The number of rotatable bonds is 1. The third kappa shape index (κ3) is 5.83. The van der Waals surface area contributed by atoms with Gasteiger partial charge in [0.15, 0.2) is 0 Å². The van der Waals surface area contributed by atoms with Gasteiger partial charge in [0.1, 0.15) is 14.2 Å². The van der Waals surface area contributed by atoms with Crippen molar-refractivity contribution in [1.29, 1.82) is 0 Å². The quantitative estimate of drug-likeness (QED) is 0.421. The molecule has 0 spiro atoms. The summed E-state index contributed by atoms with van der Waals surface area (Å²) in [7, 11) is -1.31. The first kappa shape index (κ1) is 9.70. The maximum Gasteiger partial charge on any atom is 0.129 e. The molecule has 0 heterocycles. The Kier molecular flexibility index (Phi) is 3.65. The van der Waals surface area contributed by atoms with E-state index in [2.05, 4.69) is 31.1 Å². The van der Waals surface area contributed by atoms with Crippen LogP contribution >= 0.6 is 0 Å². The molecular weight excluding hydrogens is 142 g/mol. The van der Waals surface area contributed by atoms with Gasteiger partial charge >= 0.3 is 0 Å².